The summed E-state index contributed by atoms with van der Waals surface area (Å²) >= 11 is 0. The Morgan fingerprint density at radius 2 is 1.35 bits per heavy atom. The second kappa shape index (κ2) is 7.97. The molecular weight excluding hydrogens is 280 g/mol. The van der Waals surface area contributed by atoms with Crippen molar-refractivity contribution in [3.05, 3.63) is 71.8 Å². The molecule has 1 aliphatic heterocycles. The van der Waals surface area contributed by atoms with Crippen molar-refractivity contribution >= 4 is 0 Å². The maximum absolute atomic E-state index is 3.18. The van der Waals surface area contributed by atoms with Crippen LogP contribution in [0, 0.1) is 11.8 Å². The molecule has 3 rings (SSSR count). The highest BCUT2D eigenvalue weighted by Crippen LogP contribution is 2.29. The normalized spacial score (nSPS) is 16.1. The van der Waals surface area contributed by atoms with Gasteiger partial charge in [-0.25, -0.2) is 0 Å². The third-order valence-electron chi connectivity index (χ3n) is 4.48. The Morgan fingerprint density at radius 3 is 1.83 bits per heavy atom. The fourth-order valence-electron chi connectivity index (χ4n) is 3.26. The molecule has 0 atom stereocenters. The summed E-state index contributed by atoms with van der Waals surface area (Å²) in [6.45, 7) is 7.15. The van der Waals surface area contributed by atoms with Crippen molar-refractivity contribution in [3.8, 4) is 11.8 Å². The van der Waals surface area contributed by atoms with Gasteiger partial charge in [-0.3, -0.25) is 9.80 Å². The van der Waals surface area contributed by atoms with Crippen molar-refractivity contribution in [2.75, 3.05) is 32.7 Å². The lowest BCUT2D eigenvalue weighted by Crippen LogP contribution is -2.47. The Kier molecular flexibility index (Phi) is 5.47. The van der Waals surface area contributed by atoms with Gasteiger partial charge in [0.25, 0.3) is 0 Å². The first-order valence-electron chi connectivity index (χ1n) is 8.34. The lowest BCUT2D eigenvalue weighted by Gasteiger charge is -2.39. The molecular formula is C21H24N2. The number of benzene rings is 2. The molecule has 0 N–H and O–H groups in total. The standard InChI is InChI=1S/C21H24N2/c1-2-3-14-22-15-17-23(18-16-22)21(19-10-6-4-7-11-19)20-12-8-5-9-13-20/h4-13,21H,14-18H2,1H3. The summed E-state index contributed by atoms with van der Waals surface area (Å²) in [6.07, 6.45) is 0. The Morgan fingerprint density at radius 1 is 0.826 bits per heavy atom. The molecule has 118 valence electrons. The van der Waals surface area contributed by atoms with Gasteiger partial charge >= 0.3 is 0 Å². The lowest BCUT2D eigenvalue weighted by atomic mass is 9.96. The molecule has 1 heterocycles. The molecule has 0 aliphatic carbocycles. The summed E-state index contributed by atoms with van der Waals surface area (Å²) in [5.74, 6) is 6.18. The van der Waals surface area contributed by atoms with Gasteiger partial charge in [-0.1, -0.05) is 66.6 Å². The van der Waals surface area contributed by atoms with Gasteiger partial charge in [-0.2, -0.15) is 0 Å². The first kappa shape index (κ1) is 15.8. The smallest absolute Gasteiger partial charge is 0.0602 e. The molecule has 2 aromatic rings. The van der Waals surface area contributed by atoms with E-state index in [1.54, 1.807) is 0 Å². The zero-order valence-corrected chi connectivity index (χ0v) is 13.8. The molecule has 1 saturated heterocycles. The van der Waals surface area contributed by atoms with Crippen LogP contribution in [0.25, 0.3) is 0 Å². The molecule has 0 amide bonds. The lowest BCUT2D eigenvalue weighted by molar-refractivity contribution is 0.119. The summed E-state index contributed by atoms with van der Waals surface area (Å²) < 4.78 is 0. The van der Waals surface area contributed by atoms with Crippen LogP contribution < -0.4 is 0 Å². The molecule has 2 heteroatoms. The van der Waals surface area contributed by atoms with Crippen molar-refractivity contribution < 1.29 is 0 Å². The van der Waals surface area contributed by atoms with E-state index in [0.29, 0.717) is 6.04 Å². The van der Waals surface area contributed by atoms with Crippen LogP contribution >= 0.6 is 0 Å². The van der Waals surface area contributed by atoms with Crippen LogP contribution in [-0.2, 0) is 0 Å². The van der Waals surface area contributed by atoms with Crippen LogP contribution in [0.3, 0.4) is 0 Å². The minimum atomic E-state index is 0.344. The molecule has 23 heavy (non-hydrogen) atoms. The van der Waals surface area contributed by atoms with E-state index in [0.717, 1.165) is 32.7 Å². The van der Waals surface area contributed by atoms with Crippen molar-refractivity contribution in [1.29, 1.82) is 0 Å². The second-order valence-electron chi connectivity index (χ2n) is 5.96. The van der Waals surface area contributed by atoms with E-state index < -0.39 is 0 Å². The monoisotopic (exact) mass is 304 g/mol. The number of nitrogens with zero attached hydrogens (tertiary/aromatic N) is 2. The van der Waals surface area contributed by atoms with Gasteiger partial charge in [-0.15, -0.1) is 5.92 Å². The largest absolute Gasteiger partial charge is 0.290 e. The predicted molar refractivity (Wildman–Crippen MR) is 96.2 cm³/mol. The fourth-order valence-corrected chi connectivity index (χ4v) is 3.26. The molecule has 0 aromatic heterocycles. The fraction of sp³-hybridized carbons (Fsp3) is 0.333. The van der Waals surface area contributed by atoms with E-state index in [9.17, 15) is 0 Å². The van der Waals surface area contributed by atoms with Crippen molar-refractivity contribution in [1.82, 2.24) is 9.80 Å². The van der Waals surface area contributed by atoms with Gasteiger partial charge in [0.05, 0.1) is 12.6 Å². The number of hydrogen-bond acceptors (Lipinski definition) is 2. The van der Waals surface area contributed by atoms with Gasteiger partial charge in [0.1, 0.15) is 0 Å². The van der Waals surface area contributed by atoms with Crippen LogP contribution in [0.15, 0.2) is 60.7 Å². The molecule has 1 aliphatic rings. The predicted octanol–water partition coefficient (Wildman–Crippen LogP) is 3.42. The van der Waals surface area contributed by atoms with Crippen molar-refractivity contribution in [3.63, 3.8) is 0 Å². The highest BCUT2D eigenvalue weighted by Gasteiger charge is 2.25. The highest BCUT2D eigenvalue weighted by atomic mass is 15.3. The number of hydrogen-bond donors (Lipinski definition) is 0. The van der Waals surface area contributed by atoms with Crippen LogP contribution in [0.5, 0.6) is 0 Å². The summed E-state index contributed by atoms with van der Waals surface area (Å²) in [6, 6.07) is 22.0. The Labute approximate surface area is 139 Å². The third kappa shape index (κ3) is 4.01. The van der Waals surface area contributed by atoms with Gasteiger partial charge in [0.2, 0.25) is 0 Å². The minimum absolute atomic E-state index is 0.344. The highest BCUT2D eigenvalue weighted by molar-refractivity contribution is 5.31. The zero-order valence-electron chi connectivity index (χ0n) is 13.8. The van der Waals surface area contributed by atoms with E-state index in [1.807, 2.05) is 6.92 Å². The molecule has 0 bridgehead atoms. The maximum atomic E-state index is 3.18. The van der Waals surface area contributed by atoms with Gasteiger partial charge < -0.3 is 0 Å². The number of rotatable bonds is 4. The quantitative estimate of drug-likeness (QED) is 0.799. The van der Waals surface area contributed by atoms with E-state index in [1.165, 1.54) is 11.1 Å². The topological polar surface area (TPSA) is 6.48 Å². The molecule has 0 unspecified atom stereocenters. The van der Waals surface area contributed by atoms with Crippen molar-refractivity contribution in [2.24, 2.45) is 0 Å². The van der Waals surface area contributed by atoms with Crippen LogP contribution in [-0.4, -0.2) is 42.5 Å². The molecule has 0 radical (unpaired) electrons. The second-order valence-corrected chi connectivity index (χ2v) is 5.96. The summed E-state index contributed by atoms with van der Waals surface area (Å²) in [5, 5.41) is 0. The van der Waals surface area contributed by atoms with Gasteiger partial charge in [0, 0.05) is 26.2 Å². The first-order valence-corrected chi connectivity index (χ1v) is 8.34. The zero-order chi connectivity index (χ0) is 15.9. The van der Waals surface area contributed by atoms with E-state index in [2.05, 4.69) is 82.3 Å². The Hall–Kier alpha value is -2.08. The summed E-state index contributed by atoms with van der Waals surface area (Å²) in [5.41, 5.74) is 2.75. The van der Waals surface area contributed by atoms with Crippen molar-refractivity contribution in [2.45, 2.75) is 13.0 Å². The number of piperazine rings is 1. The van der Waals surface area contributed by atoms with Crippen LogP contribution in [0.4, 0.5) is 0 Å². The average molecular weight is 304 g/mol. The molecule has 0 saturated carbocycles. The van der Waals surface area contributed by atoms with E-state index in [4.69, 9.17) is 0 Å². The van der Waals surface area contributed by atoms with Gasteiger partial charge in [0.15, 0.2) is 0 Å². The minimum Gasteiger partial charge on any atom is -0.290 e. The Bertz CT molecular complexity index is 607. The molecule has 1 fully saturated rings. The SMILES string of the molecule is CC#CCN1CCN(C(c2ccccc2)c2ccccc2)CC1. The van der Waals surface area contributed by atoms with Gasteiger partial charge in [-0.05, 0) is 18.1 Å². The van der Waals surface area contributed by atoms with Crippen LogP contribution in [0.2, 0.25) is 0 Å². The average Bonchev–Trinajstić information content (AvgIpc) is 2.63. The van der Waals surface area contributed by atoms with E-state index in [-0.39, 0.29) is 0 Å². The maximum Gasteiger partial charge on any atom is 0.0602 e. The van der Waals surface area contributed by atoms with E-state index >= 15 is 0 Å². The molecule has 2 nitrogen and oxygen atoms in total. The first-order chi connectivity index (χ1) is 11.4. The summed E-state index contributed by atoms with van der Waals surface area (Å²) in [4.78, 5) is 5.04. The molecule has 0 spiro atoms. The Balaban J connectivity index is 1.79. The third-order valence-corrected chi connectivity index (χ3v) is 4.48. The molecule has 2 aromatic carbocycles. The van der Waals surface area contributed by atoms with Crippen LogP contribution in [0.1, 0.15) is 24.1 Å². The summed E-state index contributed by atoms with van der Waals surface area (Å²) in [7, 11) is 0.